The van der Waals surface area contributed by atoms with E-state index in [2.05, 4.69) is 55.4 Å². The molecule has 0 saturated carbocycles. The number of benzene rings is 1. The van der Waals surface area contributed by atoms with Crippen molar-refractivity contribution in [3.8, 4) is 5.75 Å². The Hall–Kier alpha value is -1.96. The van der Waals surface area contributed by atoms with Gasteiger partial charge in [0.1, 0.15) is 5.75 Å². The van der Waals surface area contributed by atoms with Crippen LogP contribution in [0.2, 0.25) is 0 Å². The molecule has 0 aliphatic carbocycles. The molecule has 7 heteroatoms. The predicted molar refractivity (Wildman–Crippen MR) is 118 cm³/mol. The summed E-state index contributed by atoms with van der Waals surface area (Å²) < 4.78 is 6.67. The highest BCUT2D eigenvalue weighted by Gasteiger charge is 2.41. The topological polar surface area (TPSA) is 37.4 Å². The van der Waals surface area contributed by atoms with Gasteiger partial charge in [-0.2, -0.15) is 0 Å². The summed E-state index contributed by atoms with van der Waals surface area (Å²) in [5, 5.41) is 4.17. The fourth-order valence-corrected chi connectivity index (χ4v) is 5.18. The van der Waals surface area contributed by atoms with Gasteiger partial charge >= 0.3 is 0 Å². The maximum absolute atomic E-state index is 5.72. The Morgan fingerprint density at radius 2 is 2.00 bits per heavy atom. The second-order valence-electron chi connectivity index (χ2n) is 6.07. The Bertz CT molecular complexity index is 930. The minimum absolute atomic E-state index is 0.0178. The van der Waals surface area contributed by atoms with Gasteiger partial charge in [0.05, 0.1) is 28.2 Å². The van der Waals surface area contributed by atoms with E-state index in [-0.39, 0.29) is 12.1 Å². The van der Waals surface area contributed by atoms with Gasteiger partial charge in [-0.1, -0.05) is 6.07 Å². The van der Waals surface area contributed by atoms with Gasteiger partial charge in [-0.3, -0.25) is 4.98 Å². The molecular weight excluding hydrogens is 442 g/mol. The van der Waals surface area contributed by atoms with Gasteiger partial charge < -0.3 is 15.0 Å². The number of halogens is 1. The normalized spacial score (nSPS) is 19.2. The molecule has 0 radical (unpaired) electrons. The van der Waals surface area contributed by atoms with E-state index >= 15 is 0 Å². The first-order valence-corrected chi connectivity index (χ1v) is 10.7. The van der Waals surface area contributed by atoms with Crippen molar-refractivity contribution in [2.75, 3.05) is 11.5 Å². The highest BCUT2D eigenvalue weighted by molar-refractivity contribution is 9.11. The van der Waals surface area contributed by atoms with Crippen molar-refractivity contribution in [1.82, 2.24) is 10.3 Å². The first-order chi connectivity index (χ1) is 13.2. The van der Waals surface area contributed by atoms with Crippen molar-refractivity contribution >= 4 is 50.3 Å². The van der Waals surface area contributed by atoms with Crippen LogP contribution in [0.3, 0.4) is 0 Å². The highest BCUT2D eigenvalue weighted by atomic mass is 79.9. The molecule has 4 rings (SSSR count). The number of nitrogens with zero attached hydrogens (tertiary/aromatic N) is 2. The van der Waals surface area contributed by atoms with Crippen LogP contribution in [0, 0.1) is 0 Å². The Morgan fingerprint density at radius 3 is 2.63 bits per heavy atom. The van der Waals surface area contributed by atoms with Crippen LogP contribution < -0.4 is 15.0 Å². The third-order valence-electron chi connectivity index (χ3n) is 4.41. The third kappa shape index (κ3) is 3.72. The fourth-order valence-electron chi connectivity index (χ4n) is 3.28. The number of hydrogen-bond acceptors (Lipinski definition) is 4. The molecule has 2 atom stereocenters. The van der Waals surface area contributed by atoms with Crippen LogP contribution in [-0.4, -0.2) is 16.7 Å². The van der Waals surface area contributed by atoms with Crippen molar-refractivity contribution in [2.45, 2.75) is 19.0 Å². The minimum atomic E-state index is -0.0178. The van der Waals surface area contributed by atoms with E-state index in [1.807, 2.05) is 43.5 Å². The molecular formula is C20H18BrN3OS2. The predicted octanol–water partition coefficient (Wildman–Crippen LogP) is 5.48. The van der Waals surface area contributed by atoms with Crippen LogP contribution >= 0.6 is 39.5 Å². The largest absolute Gasteiger partial charge is 0.494 e. The highest BCUT2D eigenvalue weighted by Crippen LogP contribution is 2.44. The average Bonchev–Trinajstić information content (AvgIpc) is 3.26. The standard InChI is InChI=1S/C20H18BrN3OS2/c1-2-25-14-8-6-13(7-9-14)24-19(16-10-11-17(21)27-16)18(23-20(24)26)15-5-3-4-12-22-15/h3-12,18-19H,2H2,1H3,(H,23,26)/t18-,19-/m1/s1. The molecule has 1 saturated heterocycles. The molecule has 1 fully saturated rings. The summed E-state index contributed by atoms with van der Waals surface area (Å²) in [6.07, 6.45) is 1.82. The van der Waals surface area contributed by atoms with E-state index in [4.69, 9.17) is 17.0 Å². The van der Waals surface area contributed by atoms with E-state index in [0.29, 0.717) is 11.7 Å². The van der Waals surface area contributed by atoms with Crippen molar-refractivity contribution in [3.05, 3.63) is 75.2 Å². The lowest BCUT2D eigenvalue weighted by Crippen LogP contribution is -2.29. The number of thiophene rings is 1. The molecule has 3 aromatic rings. The first-order valence-electron chi connectivity index (χ1n) is 8.66. The van der Waals surface area contributed by atoms with Crippen LogP contribution in [0.4, 0.5) is 5.69 Å². The van der Waals surface area contributed by atoms with Crippen molar-refractivity contribution in [2.24, 2.45) is 0 Å². The number of thiocarbonyl (C=S) groups is 1. The average molecular weight is 460 g/mol. The maximum Gasteiger partial charge on any atom is 0.174 e. The lowest BCUT2D eigenvalue weighted by molar-refractivity contribution is 0.340. The summed E-state index contributed by atoms with van der Waals surface area (Å²) in [5.41, 5.74) is 2.01. The number of ether oxygens (including phenoxy) is 1. The molecule has 0 bridgehead atoms. The molecule has 1 aliphatic rings. The molecule has 1 N–H and O–H groups in total. The third-order valence-corrected chi connectivity index (χ3v) is 6.42. The van der Waals surface area contributed by atoms with Gasteiger partial charge in [-0.15, -0.1) is 11.3 Å². The van der Waals surface area contributed by atoms with E-state index in [0.717, 1.165) is 20.9 Å². The van der Waals surface area contributed by atoms with E-state index in [1.165, 1.54) is 4.88 Å². The fraction of sp³-hybridized carbons (Fsp3) is 0.200. The van der Waals surface area contributed by atoms with Gasteiger partial charge in [-0.25, -0.2) is 0 Å². The Kier molecular flexibility index (Phi) is 5.43. The number of nitrogens with one attached hydrogen (secondary N) is 1. The Labute approximate surface area is 176 Å². The zero-order chi connectivity index (χ0) is 18.8. The zero-order valence-corrected chi connectivity index (χ0v) is 17.9. The molecule has 3 heterocycles. The molecule has 0 amide bonds. The monoisotopic (exact) mass is 459 g/mol. The number of anilines is 1. The number of pyridine rings is 1. The van der Waals surface area contributed by atoms with Gasteiger partial charge in [0, 0.05) is 16.8 Å². The molecule has 27 heavy (non-hydrogen) atoms. The molecule has 1 aliphatic heterocycles. The summed E-state index contributed by atoms with van der Waals surface area (Å²) in [5.74, 6) is 0.857. The SMILES string of the molecule is CCOc1ccc(N2C(=S)N[C@H](c3ccccn3)[C@H]2c2ccc(Br)s2)cc1. The van der Waals surface area contributed by atoms with E-state index in [9.17, 15) is 0 Å². The number of hydrogen-bond donors (Lipinski definition) is 1. The lowest BCUT2D eigenvalue weighted by atomic mass is 10.0. The molecule has 2 aromatic heterocycles. The van der Waals surface area contributed by atoms with Crippen LogP contribution in [0.5, 0.6) is 5.75 Å². The minimum Gasteiger partial charge on any atom is -0.494 e. The zero-order valence-electron chi connectivity index (χ0n) is 14.6. The smallest absolute Gasteiger partial charge is 0.174 e. The van der Waals surface area contributed by atoms with Gasteiger partial charge in [0.2, 0.25) is 0 Å². The van der Waals surface area contributed by atoms with E-state index in [1.54, 1.807) is 11.3 Å². The second-order valence-corrected chi connectivity index (χ2v) is 8.95. The maximum atomic E-state index is 5.72. The summed E-state index contributed by atoms with van der Waals surface area (Å²) >= 11 is 11.0. The molecule has 0 unspecified atom stereocenters. The summed E-state index contributed by atoms with van der Waals surface area (Å²) in [4.78, 5) is 7.96. The van der Waals surface area contributed by atoms with Crippen molar-refractivity contribution in [3.63, 3.8) is 0 Å². The van der Waals surface area contributed by atoms with Crippen molar-refractivity contribution in [1.29, 1.82) is 0 Å². The quantitative estimate of drug-likeness (QED) is 0.511. The number of aromatic nitrogens is 1. The number of rotatable bonds is 5. The summed E-state index contributed by atoms with van der Waals surface area (Å²) in [7, 11) is 0. The van der Waals surface area contributed by atoms with Crippen molar-refractivity contribution < 1.29 is 4.74 Å². The van der Waals surface area contributed by atoms with Gasteiger partial charge in [-0.05, 0) is 83.6 Å². The lowest BCUT2D eigenvalue weighted by Gasteiger charge is -2.27. The van der Waals surface area contributed by atoms with Crippen LogP contribution in [0.1, 0.15) is 29.6 Å². The van der Waals surface area contributed by atoms with Crippen LogP contribution in [0.15, 0.2) is 64.6 Å². The second kappa shape index (κ2) is 7.96. The molecule has 1 aromatic carbocycles. The summed E-state index contributed by atoms with van der Waals surface area (Å²) in [6, 6.07) is 18.3. The Morgan fingerprint density at radius 1 is 1.19 bits per heavy atom. The van der Waals surface area contributed by atoms with Crippen LogP contribution in [-0.2, 0) is 0 Å². The molecule has 4 nitrogen and oxygen atoms in total. The van der Waals surface area contributed by atoms with Gasteiger partial charge in [0.15, 0.2) is 5.11 Å². The van der Waals surface area contributed by atoms with E-state index < -0.39 is 0 Å². The molecule has 138 valence electrons. The summed E-state index contributed by atoms with van der Waals surface area (Å²) in [6.45, 7) is 2.63. The van der Waals surface area contributed by atoms with Crippen LogP contribution in [0.25, 0.3) is 0 Å². The van der Waals surface area contributed by atoms with Gasteiger partial charge in [0.25, 0.3) is 0 Å². The Balaban J connectivity index is 1.75. The first kappa shape index (κ1) is 18.4. The molecule has 0 spiro atoms.